The first-order chi connectivity index (χ1) is 9.39. The molecule has 20 heavy (non-hydrogen) atoms. The van der Waals surface area contributed by atoms with E-state index in [2.05, 4.69) is 5.32 Å². The maximum Gasteiger partial charge on any atom is 0.412 e. The van der Waals surface area contributed by atoms with E-state index in [0.717, 1.165) is 16.5 Å². The number of carbonyl (C=O) groups excluding carboxylic acids is 1. The van der Waals surface area contributed by atoms with Crippen LogP contribution in [-0.4, -0.2) is 11.7 Å². The van der Waals surface area contributed by atoms with E-state index in [-0.39, 0.29) is 0 Å². The number of carbonyl (C=O) groups is 1. The summed E-state index contributed by atoms with van der Waals surface area (Å²) in [6.45, 7) is 5.49. The SMILES string of the molecule is CC(C)(C)OC(=O)Nc1cccc2ccc(OI)cc12. The molecule has 0 saturated heterocycles. The van der Waals surface area contributed by atoms with Crippen LogP contribution in [0.4, 0.5) is 10.5 Å². The number of rotatable bonds is 2. The highest BCUT2D eigenvalue weighted by molar-refractivity contribution is 14.1. The lowest BCUT2D eigenvalue weighted by Crippen LogP contribution is -2.27. The van der Waals surface area contributed by atoms with Crippen LogP contribution in [-0.2, 0) is 4.74 Å². The summed E-state index contributed by atoms with van der Waals surface area (Å²) in [6, 6.07) is 11.4. The Morgan fingerprint density at radius 2 is 1.95 bits per heavy atom. The van der Waals surface area contributed by atoms with Crippen LogP contribution >= 0.6 is 23.0 Å². The van der Waals surface area contributed by atoms with Crippen molar-refractivity contribution < 1.29 is 12.6 Å². The first kappa shape index (κ1) is 14.9. The van der Waals surface area contributed by atoms with Crippen LogP contribution in [0.1, 0.15) is 20.8 Å². The third-order valence-electron chi connectivity index (χ3n) is 2.58. The fraction of sp³-hybridized carbons (Fsp3) is 0.267. The quantitative estimate of drug-likeness (QED) is 0.747. The van der Waals surface area contributed by atoms with Crippen molar-refractivity contribution in [3.05, 3.63) is 36.4 Å². The number of benzene rings is 2. The van der Waals surface area contributed by atoms with Crippen LogP contribution < -0.4 is 8.38 Å². The van der Waals surface area contributed by atoms with Gasteiger partial charge in [0, 0.05) is 5.39 Å². The second-order valence-electron chi connectivity index (χ2n) is 5.39. The van der Waals surface area contributed by atoms with Crippen LogP contribution in [0.2, 0.25) is 0 Å². The Labute approximate surface area is 132 Å². The van der Waals surface area contributed by atoms with Crippen LogP contribution in [0.25, 0.3) is 10.8 Å². The summed E-state index contributed by atoms with van der Waals surface area (Å²) in [5, 5.41) is 4.71. The molecule has 0 atom stereocenters. The van der Waals surface area contributed by atoms with E-state index in [1.165, 1.54) is 0 Å². The van der Waals surface area contributed by atoms with Gasteiger partial charge in [-0.2, -0.15) is 0 Å². The molecule has 106 valence electrons. The largest absolute Gasteiger partial charge is 0.444 e. The third-order valence-corrected chi connectivity index (χ3v) is 3.09. The van der Waals surface area contributed by atoms with Gasteiger partial charge >= 0.3 is 6.09 Å². The number of hydrogen-bond acceptors (Lipinski definition) is 3. The van der Waals surface area contributed by atoms with Gasteiger partial charge in [0.25, 0.3) is 0 Å². The normalized spacial score (nSPS) is 11.2. The Morgan fingerprint density at radius 1 is 1.20 bits per heavy atom. The summed E-state index contributed by atoms with van der Waals surface area (Å²) in [5.41, 5.74) is 0.178. The first-order valence-corrected chi connectivity index (χ1v) is 7.08. The summed E-state index contributed by atoms with van der Waals surface area (Å²) in [5.74, 6) is 0.733. The Bertz CT molecular complexity index is 635. The van der Waals surface area contributed by atoms with Gasteiger partial charge in [-0.15, -0.1) is 0 Å². The maximum absolute atomic E-state index is 11.9. The zero-order chi connectivity index (χ0) is 14.8. The van der Waals surface area contributed by atoms with Crippen LogP contribution in [0.5, 0.6) is 5.75 Å². The van der Waals surface area contributed by atoms with Crippen LogP contribution in [0.15, 0.2) is 36.4 Å². The highest BCUT2D eigenvalue weighted by atomic mass is 127. The number of fused-ring (bicyclic) bond motifs is 1. The molecule has 0 aliphatic rings. The van der Waals surface area contributed by atoms with E-state index < -0.39 is 11.7 Å². The monoisotopic (exact) mass is 385 g/mol. The average molecular weight is 385 g/mol. The van der Waals surface area contributed by atoms with Gasteiger partial charge in [-0.3, -0.25) is 5.32 Å². The third kappa shape index (κ3) is 3.75. The molecule has 0 aromatic heterocycles. The zero-order valence-corrected chi connectivity index (χ0v) is 13.7. The highest BCUT2D eigenvalue weighted by Crippen LogP contribution is 2.28. The van der Waals surface area contributed by atoms with Gasteiger partial charge in [-0.1, -0.05) is 18.2 Å². The molecule has 0 aliphatic heterocycles. The molecule has 0 fully saturated rings. The molecule has 2 aromatic carbocycles. The standard InChI is InChI=1S/C15H16INO3/c1-15(2,3)19-14(18)17-13-6-4-5-10-7-8-11(20-16)9-12(10)13/h4-9H,1-3H3,(H,17,18). The topological polar surface area (TPSA) is 47.6 Å². The van der Waals surface area contributed by atoms with Gasteiger partial charge in [0.2, 0.25) is 0 Å². The lowest BCUT2D eigenvalue weighted by Gasteiger charge is -2.20. The van der Waals surface area contributed by atoms with Gasteiger partial charge in [-0.05, 0) is 44.4 Å². The zero-order valence-electron chi connectivity index (χ0n) is 11.6. The van der Waals surface area contributed by atoms with Crippen LogP contribution in [0.3, 0.4) is 0 Å². The summed E-state index contributed by atoms with van der Waals surface area (Å²) in [6.07, 6.45) is -0.467. The molecule has 5 heteroatoms. The van der Waals surface area contributed by atoms with E-state index >= 15 is 0 Å². The minimum absolute atomic E-state index is 0.467. The summed E-state index contributed by atoms with van der Waals surface area (Å²) in [4.78, 5) is 11.9. The summed E-state index contributed by atoms with van der Waals surface area (Å²) >= 11 is 1.83. The summed E-state index contributed by atoms with van der Waals surface area (Å²) in [7, 11) is 0. The van der Waals surface area contributed by atoms with Gasteiger partial charge in [0.05, 0.1) is 5.69 Å². The molecule has 4 nitrogen and oxygen atoms in total. The Morgan fingerprint density at radius 3 is 2.60 bits per heavy atom. The number of halogens is 1. The smallest absolute Gasteiger partial charge is 0.412 e. The minimum Gasteiger partial charge on any atom is -0.444 e. The predicted octanol–water partition coefficient (Wildman–Crippen LogP) is 4.92. The molecule has 0 aliphatic carbocycles. The van der Waals surface area contributed by atoms with Gasteiger partial charge in [0.1, 0.15) is 11.4 Å². The number of ether oxygens (including phenoxy) is 1. The van der Waals surface area contributed by atoms with Crippen molar-refractivity contribution in [2.24, 2.45) is 0 Å². The van der Waals surface area contributed by atoms with E-state index in [9.17, 15) is 4.79 Å². The Kier molecular flexibility index (Phi) is 4.37. The Balaban J connectivity index is 2.32. The second-order valence-corrected chi connectivity index (χ2v) is 5.83. The van der Waals surface area contributed by atoms with Gasteiger partial charge in [-0.25, -0.2) is 4.79 Å². The van der Waals surface area contributed by atoms with Crippen molar-refractivity contribution >= 4 is 45.6 Å². The van der Waals surface area contributed by atoms with Crippen molar-refractivity contribution in [1.82, 2.24) is 0 Å². The molecular formula is C15H16INO3. The maximum atomic E-state index is 11.9. The van der Waals surface area contributed by atoms with Gasteiger partial charge < -0.3 is 7.80 Å². The predicted molar refractivity (Wildman–Crippen MR) is 88.5 cm³/mol. The Hall–Kier alpha value is -1.50. The minimum atomic E-state index is -0.523. The molecular weight excluding hydrogens is 369 g/mol. The van der Waals surface area contributed by atoms with Crippen molar-refractivity contribution in [3.63, 3.8) is 0 Å². The highest BCUT2D eigenvalue weighted by Gasteiger charge is 2.16. The summed E-state index contributed by atoms with van der Waals surface area (Å²) < 4.78 is 10.5. The number of hydrogen-bond donors (Lipinski definition) is 1. The number of nitrogens with one attached hydrogen (secondary N) is 1. The van der Waals surface area contributed by atoms with E-state index in [4.69, 9.17) is 7.80 Å². The second kappa shape index (κ2) is 5.87. The molecule has 0 saturated carbocycles. The molecule has 0 spiro atoms. The van der Waals surface area contributed by atoms with Crippen molar-refractivity contribution in [3.8, 4) is 5.75 Å². The molecule has 1 N–H and O–H groups in total. The van der Waals surface area contributed by atoms with Gasteiger partial charge in [0.15, 0.2) is 23.0 Å². The van der Waals surface area contributed by atoms with E-state index in [1.54, 1.807) is 0 Å². The van der Waals surface area contributed by atoms with Crippen molar-refractivity contribution in [1.29, 1.82) is 0 Å². The molecule has 0 heterocycles. The van der Waals surface area contributed by atoms with Crippen molar-refractivity contribution in [2.75, 3.05) is 5.32 Å². The molecule has 2 aromatic rings. The van der Waals surface area contributed by atoms with Crippen LogP contribution in [0, 0.1) is 0 Å². The average Bonchev–Trinajstić information content (AvgIpc) is 2.36. The van der Waals surface area contributed by atoms with Crippen molar-refractivity contribution in [2.45, 2.75) is 26.4 Å². The molecule has 2 rings (SSSR count). The first-order valence-electron chi connectivity index (χ1n) is 6.20. The lowest BCUT2D eigenvalue weighted by atomic mass is 10.1. The number of anilines is 1. The lowest BCUT2D eigenvalue weighted by molar-refractivity contribution is 0.0636. The molecule has 1 amide bonds. The molecule has 0 radical (unpaired) electrons. The molecule has 0 unspecified atom stereocenters. The van der Waals surface area contributed by atoms with E-state index in [0.29, 0.717) is 5.69 Å². The fourth-order valence-corrected chi connectivity index (χ4v) is 2.10. The number of amides is 1. The van der Waals surface area contributed by atoms with E-state index in [1.807, 2.05) is 80.2 Å². The molecule has 0 bridgehead atoms. The fourth-order valence-electron chi connectivity index (χ4n) is 1.82.